The second kappa shape index (κ2) is 7.66. The van der Waals surface area contributed by atoms with Gasteiger partial charge < -0.3 is 9.47 Å². The molecule has 0 saturated carbocycles. The van der Waals surface area contributed by atoms with Crippen molar-refractivity contribution in [1.29, 1.82) is 0 Å². The molecule has 3 rings (SSSR count). The molecule has 0 saturated heterocycles. The van der Waals surface area contributed by atoms with Crippen LogP contribution < -0.4 is 14.2 Å². The van der Waals surface area contributed by atoms with Gasteiger partial charge in [-0.05, 0) is 36.4 Å². The van der Waals surface area contributed by atoms with Crippen LogP contribution in [0.25, 0.3) is 5.69 Å². The molecule has 1 aromatic heterocycles. The van der Waals surface area contributed by atoms with Crippen molar-refractivity contribution in [3.8, 4) is 17.2 Å². The van der Waals surface area contributed by atoms with Crippen LogP contribution in [0.5, 0.6) is 11.5 Å². The number of hydrogen-bond acceptors (Lipinski definition) is 5. The van der Waals surface area contributed by atoms with Crippen molar-refractivity contribution >= 4 is 15.7 Å². The lowest BCUT2D eigenvalue weighted by Gasteiger charge is -2.17. The first kappa shape index (κ1) is 20.5. The molecule has 11 heteroatoms. The van der Waals surface area contributed by atoms with Gasteiger partial charge in [-0.1, -0.05) is 0 Å². The lowest BCUT2D eigenvalue weighted by atomic mass is 10.1. The van der Waals surface area contributed by atoms with Crippen molar-refractivity contribution < 1.29 is 31.1 Å². The molecule has 0 spiro atoms. The van der Waals surface area contributed by atoms with Crippen LogP contribution in [0.4, 0.5) is 18.9 Å². The number of nitrogens with one attached hydrogen (secondary N) is 1. The minimum Gasteiger partial charge on any atom is -0.497 e. The zero-order valence-electron chi connectivity index (χ0n) is 15.3. The average molecular weight is 427 g/mol. The summed E-state index contributed by atoms with van der Waals surface area (Å²) in [5.41, 5.74) is -1.19. The molecule has 0 atom stereocenters. The molecule has 29 heavy (non-hydrogen) atoms. The zero-order chi connectivity index (χ0) is 21.2. The monoisotopic (exact) mass is 427 g/mol. The molecule has 0 unspecified atom stereocenters. The molecular formula is C18H16F3N3O4S. The van der Waals surface area contributed by atoms with Crippen LogP contribution in [0.1, 0.15) is 5.56 Å². The van der Waals surface area contributed by atoms with Crippen molar-refractivity contribution in [2.24, 2.45) is 0 Å². The molecule has 2 aromatic carbocycles. The van der Waals surface area contributed by atoms with E-state index in [2.05, 4.69) is 9.82 Å². The van der Waals surface area contributed by atoms with Crippen LogP contribution in [0.15, 0.2) is 59.8 Å². The van der Waals surface area contributed by atoms with Gasteiger partial charge in [0.05, 0.1) is 31.2 Å². The van der Waals surface area contributed by atoms with Crippen LogP contribution in [0.3, 0.4) is 0 Å². The summed E-state index contributed by atoms with van der Waals surface area (Å²) in [6, 6.07) is 8.34. The maximum Gasteiger partial charge on any atom is 0.416 e. The predicted molar refractivity (Wildman–Crippen MR) is 98.9 cm³/mol. The van der Waals surface area contributed by atoms with Crippen molar-refractivity contribution in [2.75, 3.05) is 18.9 Å². The Labute approximate surface area is 164 Å². The number of halogens is 3. The number of ether oxygens (including phenoxy) is 2. The molecule has 7 nitrogen and oxygen atoms in total. The number of hydrogen-bond donors (Lipinski definition) is 1. The van der Waals surface area contributed by atoms with Gasteiger partial charge in [-0.3, -0.25) is 4.72 Å². The normalized spacial score (nSPS) is 11.9. The number of methoxy groups -OCH3 is 2. The van der Waals surface area contributed by atoms with Gasteiger partial charge in [-0.25, -0.2) is 13.1 Å². The maximum absolute atomic E-state index is 13.2. The minimum atomic E-state index is -4.66. The fourth-order valence-corrected chi connectivity index (χ4v) is 3.85. The summed E-state index contributed by atoms with van der Waals surface area (Å²) < 4.78 is 79.1. The first-order valence-electron chi connectivity index (χ1n) is 8.12. The summed E-state index contributed by atoms with van der Waals surface area (Å²) in [7, 11) is -1.69. The molecule has 0 radical (unpaired) electrons. The van der Waals surface area contributed by atoms with E-state index in [0.29, 0.717) is 6.07 Å². The molecule has 154 valence electrons. The number of sulfonamides is 1. The van der Waals surface area contributed by atoms with E-state index in [1.54, 1.807) is 6.07 Å². The predicted octanol–water partition coefficient (Wildman–Crippen LogP) is 3.71. The summed E-state index contributed by atoms with van der Waals surface area (Å²) in [5.74, 6) is 0.244. The summed E-state index contributed by atoms with van der Waals surface area (Å²) in [5, 5.41) is 3.96. The lowest BCUT2D eigenvalue weighted by molar-refractivity contribution is -0.137. The van der Waals surface area contributed by atoms with Crippen LogP contribution in [0.2, 0.25) is 0 Å². The molecule has 0 aliphatic heterocycles. The second-order valence-electron chi connectivity index (χ2n) is 5.80. The number of aromatic nitrogens is 2. The maximum atomic E-state index is 13.2. The van der Waals surface area contributed by atoms with E-state index < -0.39 is 21.8 Å². The van der Waals surface area contributed by atoms with Gasteiger partial charge in [-0.2, -0.15) is 18.3 Å². The summed E-state index contributed by atoms with van der Waals surface area (Å²) in [6.07, 6.45) is -1.76. The quantitative estimate of drug-likeness (QED) is 0.649. The Bertz CT molecular complexity index is 1110. The third-order valence-electron chi connectivity index (χ3n) is 3.98. The molecule has 0 aliphatic carbocycles. The van der Waals surface area contributed by atoms with Gasteiger partial charge in [-0.15, -0.1) is 0 Å². The molecule has 3 aromatic rings. The third-order valence-corrected chi connectivity index (χ3v) is 5.37. The SMILES string of the molecule is COc1ccc(OC)c(S(=O)(=O)Nc2cc(C(F)(F)F)ccc2-n2cccn2)c1. The molecule has 0 aliphatic rings. The number of rotatable bonds is 6. The number of nitrogens with zero attached hydrogens (tertiary/aromatic N) is 2. The summed E-state index contributed by atoms with van der Waals surface area (Å²) in [6.45, 7) is 0. The third kappa shape index (κ3) is 4.29. The van der Waals surface area contributed by atoms with Crippen molar-refractivity contribution in [3.63, 3.8) is 0 Å². The molecule has 1 N–H and O–H groups in total. The second-order valence-corrected chi connectivity index (χ2v) is 7.45. The lowest BCUT2D eigenvalue weighted by Crippen LogP contribution is -2.17. The standard InChI is InChI=1S/C18H16F3N3O4S/c1-27-13-5-7-16(28-2)17(11-13)29(25,26)23-14-10-12(18(19,20)21)4-6-15(14)24-9-3-8-22-24/h3-11,23H,1-2H3. The Morgan fingerprint density at radius 2 is 1.83 bits per heavy atom. The van der Waals surface area contributed by atoms with E-state index >= 15 is 0 Å². The van der Waals surface area contributed by atoms with Gasteiger partial charge in [0, 0.05) is 18.5 Å². The molecular weight excluding hydrogens is 411 g/mol. The first-order valence-corrected chi connectivity index (χ1v) is 9.60. The Morgan fingerprint density at radius 3 is 2.41 bits per heavy atom. The Kier molecular flexibility index (Phi) is 5.42. The Hall–Kier alpha value is -3.21. The van der Waals surface area contributed by atoms with E-state index in [1.165, 1.54) is 49.5 Å². The smallest absolute Gasteiger partial charge is 0.416 e. The fourth-order valence-electron chi connectivity index (χ4n) is 2.60. The molecule has 1 heterocycles. The highest BCUT2D eigenvalue weighted by atomic mass is 32.2. The van der Waals surface area contributed by atoms with Crippen molar-refractivity contribution in [1.82, 2.24) is 9.78 Å². The van der Waals surface area contributed by atoms with Gasteiger partial charge in [0.25, 0.3) is 10.0 Å². The van der Waals surface area contributed by atoms with E-state index in [-0.39, 0.29) is 27.8 Å². The van der Waals surface area contributed by atoms with E-state index in [1.807, 2.05) is 0 Å². The average Bonchev–Trinajstić information content (AvgIpc) is 3.21. The Morgan fingerprint density at radius 1 is 1.07 bits per heavy atom. The Balaban J connectivity index is 2.13. The molecule has 0 bridgehead atoms. The number of benzene rings is 2. The minimum absolute atomic E-state index is 0.00548. The van der Waals surface area contributed by atoms with Crippen molar-refractivity contribution in [3.05, 3.63) is 60.4 Å². The summed E-state index contributed by atoms with van der Waals surface area (Å²) in [4.78, 5) is -0.289. The van der Waals surface area contributed by atoms with Crippen LogP contribution in [-0.2, 0) is 16.2 Å². The largest absolute Gasteiger partial charge is 0.497 e. The number of anilines is 1. The highest BCUT2D eigenvalue weighted by Crippen LogP contribution is 2.35. The topological polar surface area (TPSA) is 82.5 Å². The van der Waals surface area contributed by atoms with Crippen molar-refractivity contribution in [2.45, 2.75) is 11.1 Å². The van der Waals surface area contributed by atoms with Crippen LogP contribution in [0, 0.1) is 0 Å². The molecule has 0 fully saturated rings. The van der Waals surface area contributed by atoms with Gasteiger partial charge >= 0.3 is 6.18 Å². The van der Waals surface area contributed by atoms with Gasteiger partial charge in [0.2, 0.25) is 0 Å². The van der Waals surface area contributed by atoms with Crippen LogP contribution in [-0.4, -0.2) is 32.4 Å². The highest BCUT2D eigenvalue weighted by molar-refractivity contribution is 7.92. The van der Waals surface area contributed by atoms with Gasteiger partial charge in [0.15, 0.2) is 0 Å². The fraction of sp³-hybridized carbons (Fsp3) is 0.167. The highest BCUT2D eigenvalue weighted by Gasteiger charge is 2.32. The van der Waals surface area contributed by atoms with E-state index in [4.69, 9.17) is 9.47 Å². The van der Waals surface area contributed by atoms with Gasteiger partial charge in [0.1, 0.15) is 16.4 Å². The molecule has 0 amide bonds. The first-order chi connectivity index (χ1) is 13.7. The van der Waals surface area contributed by atoms with E-state index in [9.17, 15) is 21.6 Å². The van der Waals surface area contributed by atoms with Crippen LogP contribution >= 0.6 is 0 Å². The van der Waals surface area contributed by atoms with E-state index in [0.717, 1.165) is 12.1 Å². The zero-order valence-corrected chi connectivity index (χ0v) is 16.1. The summed E-state index contributed by atoms with van der Waals surface area (Å²) >= 11 is 0. The number of alkyl halides is 3.